The molecular weight excluding hydrogens is 360 g/mol. The van der Waals surface area contributed by atoms with Gasteiger partial charge in [-0.3, -0.25) is 4.79 Å². The summed E-state index contributed by atoms with van der Waals surface area (Å²) in [5.41, 5.74) is 5.40. The molecule has 0 aromatic carbocycles. The van der Waals surface area contributed by atoms with Crippen molar-refractivity contribution in [2.24, 2.45) is 5.73 Å². The highest BCUT2D eigenvalue weighted by Crippen LogP contribution is 2.12. The van der Waals surface area contributed by atoms with Crippen LogP contribution >= 0.6 is 0 Å². The van der Waals surface area contributed by atoms with Crippen LogP contribution in [0.5, 0.6) is 0 Å². The topological polar surface area (TPSA) is 79.2 Å². The molecule has 0 bridgehead atoms. The van der Waals surface area contributed by atoms with Crippen LogP contribution in [0.15, 0.2) is 12.2 Å². The lowest BCUT2D eigenvalue weighted by atomic mass is 10.0. The van der Waals surface area contributed by atoms with E-state index in [2.05, 4.69) is 22.9 Å². The molecule has 0 rings (SSSR count). The summed E-state index contributed by atoms with van der Waals surface area (Å²) in [6.45, 7) is 7.06. The monoisotopic (exact) mass is 410 g/mol. The lowest BCUT2D eigenvalue weighted by Crippen LogP contribution is -2.35. The first-order chi connectivity index (χ1) is 14.3. The van der Waals surface area contributed by atoms with Crippen molar-refractivity contribution in [3.05, 3.63) is 12.2 Å². The van der Waals surface area contributed by atoms with E-state index in [0.29, 0.717) is 13.1 Å². The summed E-state index contributed by atoms with van der Waals surface area (Å²) in [4.78, 5) is 11.7. The third-order valence-corrected chi connectivity index (χ3v) is 5.14. The Labute approximate surface area is 181 Å². The van der Waals surface area contributed by atoms with E-state index >= 15 is 0 Å². The minimum Gasteiger partial charge on any atom is -0.351 e. The molecule has 1 amide bonds. The number of unbranched alkanes of at least 4 members (excludes halogenated alkanes) is 13. The maximum Gasteiger partial charge on any atom is 0.243 e. The summed E-state index contributed by atoms with van der Waals surface area (Å²) in [5, 5.41) is 9.41. The molecule has 0 aliphatic carbocycles. The van der Waals surface area contributed by atoms with Crippen molar-refractivity contribution in [3.63, 3.8) is 0 Å². The molecule has 0 fully saturated rings. The Morgan fingerprint density at radius 2 is 1.17 bits per heavy atom. The molecule has 5 nitrogen and oxygen atoms in total. The Balaban J connectivity index is 3.21. The molecule has 0 saturated heterocycles. The molecule has 0 aliphatic rings. The van der Waals surface area contributed by atoms with Crippen LogP contribution in [0.25, 0.3) is 0 Å². The Bertz CT molecular complexity index is 361. The summed E-state index contributed by atoms with van der Waals surface area (Å²) in [6.07, 6.45) is 22.6. The van der Waals surface area contributed by atoms with Gasteiger partial charge in [0.2, 0.25) is 5.91 Å². The summed E-state index contributed by atoms with van der Waals surface area (Å²) in [7, 11) is 0. The van der Waals surface area contributed by atoms with Crippen LogP contribution in [-0.4, -0.2) is 45.2 Å². The minimum atomic E-state index is 0.0164. The molecule has 0 aliphatic heterocycles. The van der Waals surface area contributed by atoms with E-state index in [9.17, 15) is 4.79 Å². The zero-order valence-electron chi connectivity index (χ0n) is 19.3. The van der Waals surface area contributed by atoms with Gasteiger partial charge < -0.3 is 21.7 Å². The second-order valence-electron chi connectivity index (χ2n) is 8.01. The SMILES string of the molecule is CCCCCCCCCCCCCCC/C=C\C(=O)NCCNCCNCCN. The Morgan fingerprint density at radius 1 is 0.690 bits per heavy atom. The number of amides is 1. The first kappa shape index (κ1) is 28.1. The van der Waals surface area contributed by atoms with Gasteiger partial charge in [-0.1, -0.05) is 90.0 Å². The number of allylic oxidation sites excluding steroid dienone is 1. The molecule has 0 aromatic rings. The predicted octanol–water partition coefficient (Wildman–Crippen LogP) is 4.28. The maximum atomic E-state index is 11.7. The quantitative estimate of drug-likeness (QED) is 0.150. The fourth-order valence-electron chi connectivity index (χ4n) is 3.33. The molecule has 29 heavy (non-hydrogen) atoms. The largest absolute Gasteiger partial charge is 0.351 e. The Morgan fingerprint density at radius 3 is 1.72 bits per heavy atom. The standard InChI is InChI=1S/C24H50N4O/c1-2-3-4-5-6-7-8-9-10-11-12-13-14-15-16-17-24(29)28-23-22-27-21-20-26-19-18-25/h16-17,26-27H,2-15,18-23,25H2,1H3,(H,28,29)/b17-16-. The molecule has 5 N–H and O–H groups in total. The average Bonchev–Trinajstić information content (AvgIpc) is 2.72. The Kier molecular flexibility index (Phi) is 24.3. The van der Waals surface area contributed by atoms with E-state index in [1.165, 1.54) is 83.5 Å². The third kappa shape index (κ3) is 25.1. The molecule has 0 aromatic heterocycles. The molecule has 5 heteroatoms. The van der Waals surface area contributed by atoms with Gasteiger partial charge in [-0.15, -0.1) is 0 Å². The molecular formula is C24H50N4O. The molecule has 0 spiro atoms. The summed E-state index contributed by atoms with van der Waals surface area (Å²) < 4.78 is 0. The fraction of sp³-hybridized carbons (Fsp3) is 0.875. The number of rotatable bonds is 23. The van der Waals surface area contributed by atoms with E-state index in [1.807, 2.05) is 6.08 Å². The first-order valence-corrected chi connectivity index (χ1v) is 12.4. The molecule has 0 heterocycles. The maximum absolute atomic E-state index is 11.7. The highest BCUT2D eigenvalue weighted by Gasteiger charge is 1.95. The highest BCUT2D eigenvalue weighted by molar-refractivity contribution is 5.87. The normalized spacial score (nSPS) is 11.4. The van der Waals surface area contributed by atoms with Gasteiger partial charge in [0.05, 0.1) is 0 Å². The van der Waals surface area contributed by atoms with Crippen LogP contribution in [0.1, 0.15) is 96.8 Å². The molecule has 0 saturated carbocycles. The number of carbonyl (C=O) groups excluding carboxylic acids is 1. The smallest absolute Gasteiger partial charge is 0.243 e. The van der Waals surface area contributed by atoms with Crippen LogP contribution in [0.4, 0.5) is 0 Å². The van der Waals surface area contributed by atoms with E-state index in [1.54, 1.807) is 6.08 Å². The number of hydrogen-bond donors (Lipinski definition) is 4. The predicted molar refractivity (Wildman–Crippen MR) is 127 cm³/mol. The van der Waals surface area contributed by atoms with E-state index in [0.717, 1.165) is 32.6 Å². The first-order valence-electron chi connectivity index (χ1n) is 12.4. The summed E-state index contributed by atoms with van der Waals surface area (Å²) in [5.74, 6) is 0.0164. The number of nitrogens with two attached hydrogens (primary N) is 1. The van der Waals surface area contributed by atoms with Crippen molar-refractivity contribution in [1.29, 1.82) is 0 Å². The molecule has 172 valence electrons. The van der Waals surface area contributed by atoms with E-state index in [-0.39, 0.29) is 5.91 Å². The average molecular weight is 411 g/mol. The van der Waals surface area contributed by atoms with E-state index < -0.39 is 0 Å². The third-order valence-electron chi connectivity index (χ3n) is 5.14. The molecule has 0 atom stereocenters. The minimum absolute atomic E-state index is 0.0164. The van der Waals surface area contributed by atoms with Crippen molar-refractivity contribution >= 4 is 5.91 Å². The van der Waals surface area contributed by atoms with Crippen molar-refractivity contribution in [2.75, 3.05) is 39.3 Å². The molecule has 0 unspecified atom stereocenters. The number of nitrogens with one attached hydrogen (secondary N) is 3. The summed E-state index contributed by atoms with van der Waals surface area (Å²) >= 11 is 0. The lowest BCUT2D eigenvalue weighted by molar-refractivity contribution is -0.116. The van der Waals surface area contributed by atoms with Gasteiger partial charge in [-0.05, 0) is 18.9 Å². The summed E-state index contributed by atoms with van der Waals surface area (Å²) in [6, 6.07) is 0. The van der Waals surface area contributed by atoms with Crippen LogP contribution in [0.2, 0.25) is 0 Å². The van der Waals surface area contributed by atoms with Gasteiger partial charge in [-0.25, -0.2) is 0 Å². The van der Waals surface area contributed by atoms with Crippen molar-refractivity contribution in [2.45, 2.75) is 96.8 Å². The van der Waals surface area contributed by atoms with Crippen molar-refractivity contribution < 1.29 is 4.79 Å². The Hall–Kier alpha value is -0.910. The number of carbonyl (C=O) groups is 1. The van der Waals surface area contributed by atoms with Gasteiger partial charge >= 0.3 is 0 Å². The van der Waals surface area contributed by atoms with Gasteiger partial charge in [-0.2, -0.15) is 0 Å². The zero-order valence-corrected chi connectivity index (χ0v) is 19.3. The van der Waals surface area contributed by atoms with Crippen LogP contribution < -0.4 is 21.7 Å². The van der Waals surface area contributed by atoms with Crippen molar-refractivity contribution in [1.82, 2.24) is 16.0 Å². The lowest BCUT2D eigenvalue weighted by Gasteiger charge is -2.06. The number of hydrogen-bond acceptors (Lipinski definition) is 4. The highest BCUT2D eigenvalue weighted by atomic mass is 16.1. The second kappa shape index (κ2) is 25.1. The van der Waals surface area contributed by atoms with Gasteiger partial charge in [0.15, 0.2) is 0 Å². The van der Waals surface area contributed by atoms with Gasteiger partial charge in [0, 0.05) is 39.3 Å². The fourth-order valence-corrected chi connectivity index (χ4v) is 3.33. The van der Waals surface area contributed by atoms with Crippen molar-refractivity contribution in [3.8, 4) is 0 Å². The van der Waals surface area contributed by atoms with Crippen LogP contribution in [-0.2, 0) is 4.79 Å². The van der Waals surface area contributed by atoms with Gasteiger partial charge in [0.1, 0.15) is 0 Å². The van der Waals surface area contributed by atoms with Crippen LogP contribution in [0, 0.1) is 0 Å². The van der Waals surface area contributed by atoms with Gasteiger partial charge in [0.25, 0.3) is 0 Å². The second-order valence-corrected chi connectivity index (χ2v) is 8.01. The van der Waals surface area contributed by atoms with Crippen LogP contribution in [0.3, 0.4) is 0 Å². The zero-order chi connectivity index (χ0) is 21.3. The molecule has 0 radical (unpaired) electrons. The van der Waals surface area contributed by atoms with E-state index in [4.69, 9.17) is 5.73 Å².